The molecule has 0 unspecified atom stereocenters. The van der Waals surface area contributed by atoms with E-state index in [1.54, 1.807) is 0 Å². The molecule has 0 atom stereocenters. The van der Waals surface area contributed by atoms with Crippen molar-refractivity contribution in [2.24, 2.45) is 0 Å². The Kier molecular flexibility index (Phi) is 8.87. The first kappa shape index (κ1) is 35.2. The van der Waals surface area contributed by atoms with Crippen molar-refractivity contribution in [2.75, 3.05) is 4.90 Å². The molecule has 0 saturated carbocycles. The van der Waals surface area contributed by atoms with E-state index in [9.17, 15) is 0 Å². The van der Waals surface area contributed by atoms with E-state index in [-0.39, 0.29) is 0 Å². The molecule has 0 bridgehead atoms. The lowest BCUT2D eigenvalue weighted by molar-refractivity contribution is 0.670. The van der Waals surface area contributed by atoms with Gasteiger partial charge in [0.1, 0.15) is 11.2 Å². The molecule has 282 valence electrons. The summed E-state index contributed by atoms with van der Waals surface area (Å²) in [5.41, 5.74) is 16.4. The van der Waals surface area contributed by atoms with Gasteiger partial charge in [0.25, 0.3) is 0 Å². The standard InChI is InChI=1S/C58H39NO/c1-3-18-40(19-4-1)48-29-9-10-31-53(48)57-50(42-20-5-2-6-21-42)33-17-36-55(57)59(45-26-13-24-43(38-45)49-32-15-23-41-22-7-8-28-47(41)49)46-27-14-25-44(39-46)51-34-16-35-54-52-30-11-12-37-56(52)60-58(51)54/h1-39H. The molecule has 0 spiro atoms. The summed E-state index contributed by atoms with van der Waals surface area (Å²) < 4.78 is 6.59. The molecule has 1 heterocycles. The van der Waals surface area contributed by atoms with Gasteiger partial charge in [0.15, 0.2) is 0 Å². The molecule has 60 heavy (non-hydrogen) atoms. The van der Waals surface area contributed by atoms with Gasteiger partial charge >= 0.3 is 0 Å². The Morgan fingerprint density at radius 1 is 0.300 bits per heavy atom. The van der Waals surface area contributed by atoms with E-state index in [1.807, 2.05) is 6.07 Å². The van der Waals surface area contributed by atoms with Gasteiger partial charge in [-0.3, -0.25) is 0 Å². The Balaban J connectivity index is 1.19. The van der Waals surface area contributed by atoms with Gasteiger partial charge in [0, 0.05) is 33.3 Å². The van der Waals surface area contributed by atoms with Crippen molar-refractivity contribution in [1.29, 1.82) is 0 Å². The second-order valence-electron chi connectivity index (χ2n) is 15.2. The summed E-state index contributed by atoms with van der Waals surface area (Å²) in [5, 5.41) is 4.69. The van der Waals surface area contributed by atoms with E-state index in [1.165, 1.54) is 27.5 Å². The maximum Gasteiger partial charge on any atom is 0.143 e. The summed E-state index contributed by atoms with van der Waals surface area (Å²) in [4.78, 5) is 2.44. The SMILES string of the molecule is c1ccc(-c2ccccc2-c2c(-c3ccccc3)cccc2N(c2cccc(-c3cccc4ccccc34)c2)c2cccc(-c3cccc4c3oc3ccccc34)c2)cc1. The van der Waals surface area contributed by atoms with Gasteiger partial charge < -0.3 is 9.32 Å². The lowest BCUT2D eigenvalue weighted by Crippen LogP contribution is -2.12. The van der Waals surface area contributed by atoms with Crippen LogP contribution in [-0.2, 0) is 0 Å². The van der Waals surface area contributed by atoms with Crippen LogP contribution in [0.15, 0.2) is 241 Å². The Bertz CT molecular complexity index is 3320. The Labute approximate surface area is 349 Å². The van der Waals surface area contributed by atoms with E-state index >= 15 is 0 Å². The maximum absolute atomic E-state index is 6.59. The highest BCUT2D eigenvalue weighted by Gasteiger charge is 2.24. The highest BCUT2D eigenvalue weighted by Crippen LogP contribution is 2.49. The van der Waals surface area contributed by atoms with E-state index in [0.717, 1.165) is 77.9 Å². The van der Waals surface area contributed by atoms with Crippen LogP contribution in [-0.4, -0.2) is 0 Å². The van der Waals surface area contributed by atoms with Gasteiger partial charge in [-0.05, 0) is 91.7 Å². The molecule has 0 aliphatic carbocycles. The molecule has 0 amide bonds. The fraction of sp³-hybridized carbons (Fsp3) is 0. The first-order valence-electron chi connectivity index (χ1n) is 20.5. The second kappa shape index (κ2) is 15.1. The number of furan rings is 1. The number of nitrogens with zero attached hydrogens (tertiary/aromatic N) is 1. The van der Waals surface area contributed by atoms with Crippen LogP contribution in [0.25, 0.3) is 88.3 Å². The normalized spacial score (nSPS) is 11.3. The number of benzene rings is 10. The van der Waals surface area contributed by atoms with Crippen molar-refractivity contribution in [1.82, 2.24) is 0 Å². The molecule has 0 fully saturated rings. The number of para-hydroxylation sites is 2. The van der Waals surface area contributed by atoms with Gasteiger partial charge in [-0.15, -0.1) is 0 Å². The first-order chi connectivity index (χ1) is 29.8. The van der Waals surface area contributed by atoms with E-state index in [2.05, 4.69) is 235 Å². The van der Waals surface area contributed by atoms with Crippen molar-refractivity contribution >= 4 is 49.8 Å². The number of hydrogen-bond acceptors (Lipinski definition) is 2. The third-order valence-corrected chi connectivity index (χ3v) is 11.7. The third-order valence-electron chi connectivity index (χ3n) is 11.7. The minimum Gasteiger partial charge on any atom is -0.455 e. The van der Waals surface area contributed by atoms with Crippen molar-refractivity contribution in [3.8, 4) is 55.6 Å². The van der Waals surface area contributed by atoms with Gasteiger partial charge in [0.05, 0.1) is 5.69 Å². The van der Waals surface area contributed by atoms with Crippen LogP contribution in [0.5, 0.6) is 0 Å². The summed E-state index contributed by atoms with van der Waals surface area (Å²) in [6.07, 6.45) is 0. The average Bonchev–Trinajstić information content (AvgIpc) is 3.71. The maximum atomic E-state index is 6.59. The summed E-state index contributed by atoms with van der Waals surface area (Å²) in [6, 6.07) is 85.0. The smallest absolute Gasteiger partial charge is 0.143 e. The van der Waals surface area contributed by atoms with E-state index < -0.39 is 0 Å². The molecule has 0 aliphatic rings. The first-order valence-corrected chi connectivity index (χ1v) is 20.5. The van der Waals surface area contributed by atoms with Crippen LogP contribution < -0.4 is 4.90 Å². The zero-order chi connectivity index (χ0) is 39.8. The Hall–Kier alpha value is -7.94. The number of hydrogen-bond donors (Lipinski definition) is 0. The highest BCUT2D eigenvalue weighted by atomic mass is 16.3. The van der Waals surface area contributed by atoms with Crippen LogP contribution in [0.1, 0.15) is 0 Å². The summed E-state index contributed by atoms with van der Waals surface area (Å²) in [5.74, 6) is 0. The zero-order valence-corrected chi connectivity index (χ0v) is 32.9. The topological polar surface area (TPSA) is 16.4 Å². The van der Waals surface area contributed by atoms with Gasteiger partial charge in [-0.25, -0.2) is 0 Å². The molecular weight excluding hydrogens is 727 g/mol. The quantitative estimate of drug-likeness (QED) is 0.153. The molecule has 0 radical (unpaired) electrons. The van der Waals surface area contributed by atoms with Gasteiger partial charge in [-0.1, -0.05) is 200 Å². The summed E-state index contributed by atoms with van der Waals surface area (Å²) in [7, 11) is 0. The van der Waals surface area contributed by atoms with Crippen LogP contribution in [0.4, 0.5) is 17.1 Å². The third kappa shape index (κ3) is 6.23. The van der Waals surface area contributed by atoms with Gasteiger partial charge in [-0.2, -0.15) is 0 Å². The van der Waals surface area contributed by atoms with Crippen molar-refractivity contribution in [3.05, 3.63) is 237 Å². The number of rotatable bonds is 8. The van der Waals surface area contributed by atoms with E-state index in [0.29, 0.717) is 0 Å². The summed E-state index contributed by atoms with van der Waals surface area (Å²) in [6.45, 7) is 0. The predicted molar refractivity (Wildman–Crippen MR) is 253 cm³/mol. The van der Waals surface area contributed by atoms with Gasteiger partial charge in [0.2, 0.25) is 0 Å². The minimum absolute atomic E-state index is 0.891. The van der Waals surface area contributed by atoms with Crippen molar-refractivity contribution in [3.63, 3.8) is 0 Å². The molecule has 2 nitrogen and oxygen atoms in total. The average molecular weight is 766 g/mol. The fourth-order valence-corrected chi connectivity index (χ4v) is 8.94. The van der Waals surface area contributed by atoms with Crippen LogP contribution in [0, 0.1) is 0 Å². The predicted octanol–water partition coefficient (Wildman–Crippen LogP) is 16.5. The monoisotopic (exact) mass is 765 g/mol. The van der Waals surface area contributed by atoms with Crippen molar-refractivity contribution < 1.29 is 4.42 Å². The molecule has 11 aromatic rings. The van der Waals surface area contributed by atoms with Crippen LogP contribution in [0.3, 0.4) is 0 Å². The van der Waals surface area contributed by atoms with Crippen LogP contribution >= 0.6 is 0 Å². The lowest BCUT2D eigenvalue weighted by Gasteiger charge is -2.30. The number of anilines is 3. The molecule has 2 heteroatoms. The Morgan fingerprint density at radius 2 is 0.783 bits per heavy atom. The lowest BCUT2D eigenvalue weighted by atomic mass is 9.87. The molecule has 0 aliphatic heterocycles. The highest BCUT2D eigenvalue weighted by molar-refractivity contribution is 6.10. The van der Waals surface area contributed by atoms with Crippen molar-refractivity contribution in [2.45, 2.75) is 0 Å². The summed E-state index contributed by atoms with van der Waals surface area (Å²) >= 11 is 0. The molecule has 11 rings (SSSR count). The van der Waals surface area contributed by atoms with E-state index in [4.69, 9.17) is 4.42 Å². The molecule has 0 N–H and O–H groups in total. The Morgan fingerprint density at radius 3 is 1.55 bits per heavy atom. The zero-order valence-electron chi connectivity index (χ0n) is 32.9. The largest absolute Gasteiger partial charge is 0.455 e. The molecule has 1 aromatic heterocycles. The fourth-order valence-electron chi connectivity index (χ4n) is 8.94. The second-order valence-corrected chi connectivity index (χ2v) is 15.2. The molecular formula is C58H39NO. The van der Waals surface area contributed by atoms with Crippen LogP contribution in [0.2, 0.25) is 0 Å². The molecule has 10 aromatic carbocycles. The minimum atomic E-state index is 0.891. The number of fused-ring (bicyclic) bond motifs is 4. The molecule has 0 saturated heterocycles.